The Kier molecular flexibility index (Phi) is 6.68. The molecule has 2 atom stereocenters. The van der Waals surface area contributed by atoms with Crippen molar-refractivity contribution in [1.29, 1.82) is 0 Å². The third-order valence-corrected chi connectivity index (χ3v) is 3.62. The van der Waals surface area contributed by atoms with E-state index in [4.69, 9.17) is 4.74 Å². The predicted octanol–water partition coefficient (Wildman–Crippen LogP) is 0.929. The minimum Gasteiger partial charge on any atom is -0.454 e. The minimum atomic E-state index is -0.809. The maximum atomic E-state index is 12.3. The number of likely N-dealkylation sites (tertiary alicyclic amines) is 1. The molecule has 1 aliphatic rings. The van der Waals surface area contributed by atoms with E-state index >= 15 is 0 Å². The number of carbonyl (C=O) groups excluding carboxylic acids is 3. The summed E-state index contributed by atoms with van der Waals surface area (Å²) in [6.07, 6.45) is 1.41. The highest BCUT2D eigenvalue weighted by molar-refractivity contribution is 6.35. The Labute approximate surface area is 132 Å². The Morgan fingerprint density at radius 3 is 2.50 bits per heavy atom. The molecule has 1 rings (SSSR count). The normalized spacial score (nSPS) is 20.7. The highest BCUT2D eigenvalue weighted by atomic mass is 16.6. The lowest BCUT2D eigenvalue weighted by Crippen LogP contribution is -2.47. The summed E-state index contributed by atoms with van der Waals surface area (Å²) in [5.74, 6) is -1.32. The van der Waals surface area contributed by atoms with Gasteiger partial charge >= 0.3 is 5.97 Å². The first-order chi connectivity index (χ1) is 10.2. The maximum Gasteiger partial charge on any atom is 0.376 e. The molecule has 1 N–H and O–H groups in total. The summed E-state index contributed by atoms with van der Waals surface area (Å²) in [5, 5.41) is 3.06. The van der Waals surface area contributed by atoms with Crippen molar-refractivity contribution in [2.24, 2.45) is 0 Å². The minimum absolute atomic E-state index is 0.0331. The number of ketones is 2. The van der Waals surface area contributed by atoms with Crippen molar-refractivity contribution in [3.63, 3.8) is 0 Å². The van der Waals surface area contributed by atoms with Crippen molar-refractivity contribution in [2.45, 2.75) is 65.1 Å². The van der Waals surface area contributed by atoms with Crippen LogP contribution < -0.4 is 5.32 Å². The van der Waals surface area contributed by atoms with E-state index in [1.807, 2.05) is 13.8 Å². The molecule has 6 nitrogen and oxygen atoms in total. The lowest BCUT2D eigenvalue weighted by molar-refractivity contribution is -0.164. The van der Waals surface area contributed by atoms with Gasteiger partial charge in [-0.15, -0.1) is 0 Å². The van der Waals surface area contributed by atoms with Gasteiger partial charge in [0, 0.05) is 0 Å². The van der Waals surface area contributed by atoms with E-state index in [9.17, 15) is 14.4 Å². The molecule has 0 aromatic heterocycles. The van der Waals surface area contributed by atoms with Gasteiger partial charge in [-0.3, -0.25) is 14.5 Å². The quantitative estimate of drug-likeness (QED) is 0.557. The van der Waals surface area contributed by atoms with E-state index in [1.54, 1.807) is 25.7 Å². The number of ether oxygens (including phenoxy) is 1. The number of nitrogens with zero attached hydrogens (tertiary/aromatic N) is 1. The number of likely N-dealkylation sites (N-methyl/N-ethyl adjacent to an activating group) is 1. The van der Waals surface area contributed by atoms with E-state index in [0.29, 0.717) is 19.5 Å². The van der Waals surface area contributed by atoms with Crippen LogP contribution >= 0.6 is 0 Å². The molecule has 0 amide bonds. The number of nitrogens with one attached hydrogen (secondary N) is 1. The highest BCUT2D eigenvalue weighted by Gasteiger charge is 2.37. The first kappa shape index (κ1) is 18.8. The van der Waals surface area contributed by atoms with Crippen LogP contribution in [0.5, 0.6) is 0 Å². The van der Waals surface area contributed by atoms with Gasteiger partial charge in [0.25, 0.3) is 5.78 Å². The molecule has 0 aromatic rings. The maximum absolute atomic E-state index is 12.3. The van der Waals surface area contributed by atoms with Gasteiger partial charge in [-0.05, 0) is 53.6 Å². The van der Waals surface area contributed by atoms with Gasteiger partial charge in [-0.25, -0.2) is 4.79 Å². The van der Waals surface area contributed by atoms with Crippen LogP contribution in [0, 0.1) is 0 Å². The summed E-state index contributed by atoms with van der Waals surface area (Å²) < 4.78 is 5.14. The number of hydrogen-bond acceptors (Lipinski definition) is 6. The monoisotopic (exact) mass is 312 g/mol. The number of carbonyl (C=O) groups is 3. The van der Waals surface area contributed by atoms with Crippen LogP contribution in [-0.4, -0.2) is 59.8 Å². The largest absolute Gasteiger partial charge is 0.454 e. The molecule has 0 spiro atoms. The van der Waals surface area contributed by atoms with Crippen LogP contribution in [0.3, 0.4) is 0 Å². The average Bonchev–Trinajstić information content (AvgIpc) is 2.84. The predicted molar refractivity (Wildman–Crippen MR) is 83.6 cm³/mol. The zero-order valence-electron chi connectivity index (χ0n) is 14.3. The molecule has 0 bridgehead atoms. The molecule has 0 saturated carbocycles. The lowest BCUT2D eigenvalue weighted by atomic mass is 10.1. The molecule has 6 heteroatoms. The second kappa shape index (κ2) is 7.83. The van der Waals surface area contributed by atoms with Gasteiger partial charge in [0.2, 0.25) is 0 Å². The van der Waals surface area contributed by atoms with E-state index in [1.165, 1.54) is 0 Å². The first-order valence-electron chi connectivity index (χ1n) is 7.93. The van der Waals surface area contributed by atoms with Gasteiger partial charge in [-0.2, -0.15) is 0 Å². The van der Waals surface area contributed by atoms with Gasteiger partial charge < -0.3 is 10.1 Å². The van der Waals surface area contributed by atoms with Crippen LogP contribution in [-0.2, 0) is 19.1 Å². The standard InChI is InChI=1S/C16H28N2O4/c1-6-17-11(2)13(19)10-18-9-7-8-12(18)14(20)15(21)22-16(3,4)5/h11-12,17H,6-10H2,1-5H3/t11-,12-/m0/s1. The van der Waals surface area contributed by atoms with Crippen LogP contribution in [0.15, 0.2) is 0 Å². The molecule has 22 heavy (non-hydrogen) atoms. The molecule has 0 aromatic carbocycles. The van der Waals surface area contributed by atoms with Crippen molar-refractivity contribution < 1.29 is 19.1 Å². The van der Waals surface area contributed by atoms with Crippen molar-refractivity contribution in [1.82, 2.24) is 10.2 Å². The van der Waals surface area contributed by atoms with Gasteiger partial charge in [-0.1, -0.05) is 6.92 Å². The summed E-state index contributed by atoms with van der Waals surface area (Å²) in [7, 11) is 0. The molecular weight excluding hydrogens is 284 g/mol. The van der Waals surface area contributed by atoms with E-state index < -0.39 is 23.4 Å². The van der Waals surface area contributed by atoms with Gasteiger partial charge in [0.1, 0.15) is 5.60 Å². The second-order valence-corrected chi connectivity index (χ2v) is 6.74. The van der Waals surface area contributed by atoms with E-state index in [2.05, 4.69) is 5.32 Å². The fourth-order valence-electron chi connectivity index (χ4n) is 2.53. The number of hydrogen-bond donors (Lipinski definition) is 1. The Morgan fingerprint density at radius 1 is 1.32 bits per heavy atom. The Morgan fingerprint density at radius 2 is 1.95 bits per heavy atom. The molecule has 1 heterocycles. The van der Waals surface area contributed by atoms with Crippen LogP contribution in [0.2, 0.25) is 0 Å². The zero-order chi connectivity index (χ0) is 16.9. The van der Waals surface area contributed by atoms with Crippen molar-refractivity contribution in [2.75, 3.05) is 19.6 Å². The zero-order valence-corrected chi connectivity index (χ0v) is 14.3. The number of esters is 1. The van der Waals surface area contributed by atoms with Gasteiger partial charge in [0.05, 0.1) is 18.6 Å². The molecule has 126 valence electrons. The van der Waals surface area contributed by atoms with Crippen LogP contribution in [0.1, 0.15) is 47.5 Å². The number of Topliss-reactive ketones (excluding diaryl/α,β-unsaturated/α-hetero) is 2. The SMILES string of the molecule is CCN[C@@H](C)C(=O)CN1CCC[C@H]1C(=O)C(=O)OC(C)(C)C. The van der Waals surface area contributed by atoms with E-state index in [-0.39, 0.29) is 18.4 Å². The number of rotatable bonds is 7. The first-order valence-corrected chi connectivity index (χ1v) is 7.93. The smallest absolute Gasteiger partial charge is 0.376 e. The summed E-state index contributed by atoms with van der Waals surface area (Å²) in [5.41, 5.74) is -0.689. The second-order valence-electron chi connectivity index (χ2n) is 6.74. The van der Waals surface area contributed by atoms with E-state index in [0.717, 1.165) is 6.42 Å². The summed E-state index contributed by atoms with van der Waals surface area (Å²) in [6.45, 7) is 10.5. The topological polar surface area (TPSA) is 75.7 Å². The highest BCUT2D eigenvalue weighted by Crippen LogP contribution is 2.19. The van der Waals surface area contributed by atoms with Crippen molar-refractivity contribution >= 4 is 17.5 Å². The lowest BCUT2D eigenvalue weighted by Gasteiger charge is -2.25. The molecule has 1 aliphatic heterocycles. The fourth-order valence-corrected chi connectivity index (χ4v) is 2.53. The summed E-state index contributed by atoms with van der Waals surface area (Å²) >= 11 is 0. The summed E-state index contributed by atoms with van der Waals surface area (Å²) in [6, 6.07) is -0.782. The van der Waals surface area contributed by atoms with Crippen LogP contribution in [0.25, 0.3) is 0 Å². The Bertz CT molecular complexity index is 428. The van der Waals surface area contributed by atoms with Crippen LogP contribution in [0.4, 0.5) is 0 Å². The summed E-state index contributed by atoms with van der Waals surface area (Å²) in [4.78, 5) is 38.1. The molecule has 1 fully saturated rings. The van der Waals surface area contributed by atoms with Gasteiger partial charge in [0.15, 0.2) is 5.78 Å². The molecule has 0 aliphatic carbocycles. The third-order valence-electron chi connectivity index (χ3n) is 3.62. The molecule has 0 unspecified atom stereocenters. The van der Waals surface area contributed by atoms with Crippen molar-refractivity contribution in [3.8, 4) is 0 Å². The fraction of sp³-hybridized carbons (Fsp3) is 0.812. The Hall–Kier alpha value is -1.27. The molecule has 1 saturated heterocycles. The van der Waals surface area contributed by atoms with Crippen molar-refractivity contribution in [3.05, 3.63) is 0 Å². The Balaban J connectivity index is 2.64. The average molecular weight is 312 g/mol. The molecular formula is C16H28N2O4. The molecule has 0 radical (unpaired) electrons. The third kappa shape index (κ3) is 5.50.